The minimum atomic E-state index is 0.384. The lowest BCUT2D eigenvalue weighted by Crippen LogP contribution is -2.48. The number of hydrogen-bond acceptors (Lipinski definition) is 3. The van der Waals surface area contributed by atoms with E-state index in [0.717, 1.165) is 51.5 Å². The molecule has 0 radical (unpaired) electrons. The number of likely N-dealkylation sites (tertiary alicyclic amines) is 1. The number of aryl methyl sites for hydroxylation is 1. The SMILES string of the molecule is CCN1CCN(C(=O)CCC2CCN(C(C)CCc3ccccc3)CC2)CC1. The van der Waals surface area contributed by atoms with E-state index in [0.29, 0.717) is 11.9 Å². The molecule has 3 rings (SSSR count). The number of amides is 1. The molecule has 0 spiro atoms. The van der Waals surface area contributed by atoms with Crippen molar-refractivity contribution in [1.29, 1.82) is 0 Å². The summed E-state index contributed by atoms with van der Waals surface area (Å²) in [7, 11) is 0. The quantitative estimate of drug-likeness (QED) is 0.683. The fourth-order valence-corrected chi connectivity index (χ4v) is 4.68. The molecule has 1 unspecified atom stereocenters. The van der Waals surface area contributed by atoms with E-state index >= 15 is 0 Å². The maximum Gasteiger partial charge on any atom is 0.222 e. The van der Waals surface area contributed by atoms with Crippen molar-refractivity contribution in [2.75, 3.05) is 45.8 Å². The Labute approximate surface area is 171 Å². The van der Waals surface area contributed by atoms with E-state index < -0.39 is 0 Å². The Hall–Kier alpha value is -1.39. The highest BCUT2D eigenvalue weighted by atomic mass is 16.2. The third kappa shape index (κ3) is 6.31. The molecule has 0 aromatic heterocycles. The van der Waals surface area contributed by atoms with Gasteiger partial charge in [-0.05, 0) is 70.1 Å². The minimum Gasteiger partial charge on any atom is -0.340 e. The second kappa shape index (κ2) is 11.0. The van der Waals surface area contributed by atoms with Crippen LogP contribution in [0.15, 0.2) is 30.3 Å². The summed E-state index contributed by atoms with van der Waals surface area (Å²) in [6.45, 7) is 12.0. The van der Waals surface area contributed by atoms with Crippen molar-refractivity contribution in [3.63, 3.8) is 0 Å². The average molecular weight is 386 g/mol. The summed E-state index contributed by atoms with van der Waals surface area (Å²) < 4.78 is 0. The molecule has 1 amide bonds. The predicted molar refractivity (Wildman–Crippen MR) is 116 cm³/mol. The molecule has 2 aliphatic rings. The van der Waals surface area contributed by atoms with Crippen LogP contribution < -0.4 is 0 Å². The topological polar surface area (TPSA) is 26.8 Å². The van der Waals surface area contributed by atoms with Crippen LogP contribution in [0.2, 0.25) is 0 Å². The van der Waals surface area contributed by atoms with Gasteiger partial charge in [0.1, 0.15) is 0 Å². The van der Waals surface area contributed by atoms with E-state index in [1.54, 1.807) is 0 Å². The second-order valence-electron chi connectivity index (χ2n) is 8.71. The van der Waals surface area contributed by atoms with Crippen molar-refractivity contribution in [2.24, 2.45) is 5.92 Å². The van der Waals surface area contributed by atoms with Gasteiger partial charge in [0.25, 0.3) is 0 Å². The molecular formula is C24H39N3O. The molecule has 1 aromatic rings. The number of piperidine rings is 1. The Morgan fingerprint density at radius 2 is 1.71 bits per heavy atom. The summed E-state index contributed by atoms with van der Waals surface area (Å²) in [5, 5.41) is 0. The zero-order valence-corrected chi connectivity index (χ0v) is 18.0. The van der Waals surface area contributed by atoms with E-state index in [4.69, 9.17) is 0 Å². The molecule has 1 aromatic carbocycles. The van der Waals surface area contributed by atoms with E-state index in [2.05, 4.69) is 58.9 Å². The molecule has 2 heterocycles. The molecule has 0 bridgehead atoms. The van der Waals surface area contributed by atoms with Crippen LogP contribution >= 0.6 is 0 Å². The first-order valence-corrected chi connectivity index (χ1v) is 11.4. The van der Waals surface area contributed by atoms with Crippen LogP contribution in [0.4, 0.5) is 0 Å². The molecule has 2 saturated heterocycles. The number of nitrogens with zero attached hydrogens (tertiary/aromatic N) is 3. The number of carbonyl (C=O) groups is 1. The lowest BCUT2D eigenvalue weighted by atomic mass is 9.90. The van der Waals surface area contributed by atoms with Crippen molar-refractivity contribution >= 4 is 5.91 Å². The average Bonchev–Trinajstić information content (AvgIpc) is 2.77. The van der Waals surface area contributed by atoms with Crippen molar-refractivity contribution in [2.45, 2.75) is 58.4 Å². The third-order valence-corrected chi connectivity index (χ3v) is 6.90. The molecule has 4 nitrogen and oxygen atoms in total. The number of likely N-dealkylation sites (N-methyl/N-ethyl adjacent to an activating group) is 1. The number of carbonyl (C=O) groups excluding carboxylic acids is 1. The third-order valence-electron chi connectivity index (χ3n) is 6.90. The van der Waals surface area contributed by atoms with Gasteiger partial charge in [0.2, 0.25) is 5.91 Å². The van der Waals surface area contributed by atoms with Crippen LogP contribution in [0.5, 0.6) is 0 Å². The molecule has 0 N–H and O–H groups in total. The Bertz CT molecular complexity index is 575. The fourth-order valence-electron chi connectivity index (χ4n) is 4.68. The Morgan fingerprint density at radius 1 is 1.04 bits per heavy atom. The highest BCUT2D eigenvalue weighted by Crippen LogP contribution is 2.25. The molecule has 2 fully saturated rings. The first-order chi connectivity index (χ1) is 13.7. The second-order valence-corrected chi connectivity index (χ2v) is 8.71. The first kappa shape index (κ1) is 21.3. The standard InChI is InChI=1S/C24H39N3O/c1-3-25-17-19-27(20-18-25)24(28)12-11-23-13-15-26(16-14-23)21(2)9-10-22-7-5-4-6-8-22/h4-8,21,23H,3,9-20H2,1-2H3. The summed E-state index contributed by atoms with van der Waals surface area (Å²) in [6.07, 6.45) is 6.75. The van der Waals surface area contributed by atoms with Crippen LogP contribution in [0, 0.1) is 5.92 Å². The van der Waals surface area contributed by atoms with Crippen LogP contribution in [0.3, 0.4) is 0 Å². The lowest BCUT2D eigenvalue weighted by Gasteiger charge is -2.37. The number of benzene rings is 1. The number of hydrogen-bond donors (Lipinski definition) is 0. The van der Waals surface area contributed by atoms with Crippen LogP contribution in [0.1, 0.15) is 51.5 Å². The Kier molecular flexibility index (Phi) is 8.35. The molecule has 4 heteroatoms. The van der Waals surface area contributed by atoms with Gasteiger partial charge in [-0.3, -0.25) is 4.79 Å². The molecule has 1 atom stereocenters. The summed E-state index contributed by atoms with van der Waals surface area (Å²) >= 11 is 0. The van der Waals surface area contributed by atoms with Gasteiger partial charge in [0, 0.05) is 38.6 Å². The lowest BCUT2D eigenvalue weighted by molar-refractivity contribution is -0.133. The maximum absolute atomic E-state index is 12.5. The van der Waals surface area contributed by atoms with Crippen molar-refractivity contribution < 1.29 is 4.79 Å². The predicted octanol–water partition coefficient (Wildman–Crippen LogP) is 3.66. The van der Waals surface area contributed by atoms with Crippen molar-refractivity contribution in [3.05, 3.63) is 35.9 Å². The molecule has 0 aliphatic carbocycles. The van der Waals surface area contributed by atoms with Gasteiger partial charge in [-0.1, -0.05) is 37.3 Å². The van der Waals surface area contributed by atoms with Gasteiger partial charge in [-0.15, -0.1) is 0 Å². The van der Waals surface area contributed by atoms with E-state index in [-0.39, 0.29) is 0 Å². The van der Waals surface area contributed by atoms with E-state index in [9.17, 15) is 4.79 Å². The normalized spacial score (nSPS) is 21.0. The number of rotatable bonds is 8. The highest BCUT2D eigenvalue weighted by Gasteiger charge is 2.25. The van der Waals surface area contributed by atoms with Crippen LogP contribution in [-0.4, -0.2) is 72.5 Å². The van der Waals surface area contributed by atoms with Gasteiger partial charge in [-0.25, -0.2) is 0 Å². The van der Waals surface area contributed by atoms with Crippen molar-refractivity contribution in [3.8, 4) is 0 Å². The van der Waals surface area contributed by atoms with Gasteiger partial charge in [-0.2, -0.15) is 0 Å². The summed E-state index contributed by atoms with van der Waals surface area (Å²) in [4.78, 5) is 19.7. The van der Waals surface area contributed by atoms with E-state index in [1.165, 1.54) is 44.3 Å². The van der Waals surface area contributed by atoms with Gasteiger partial charge >= 0.3 is 0 Å². The molecule has 0 saturated carbocycles. The van der Waals surface area contributed by atoms with Crippen LogP contribution in [-0.2, 0) is 11.2 Å². The largest absolute Gasteiger partial charge is 0.340 e. The molecule has 28 heavy (non-hydrogen) atoms. The maximum atomic E-state index is 12.5. The van der Waals surface area contributed by atoms with Gasteiger partial charge < -0.3 is 14.7 Å². The van der Waals surface area contributed by atoms with Crippen LogP contribution in [0.25, 0.3) is 0 Å². The van der Waals surface area contributed by atoms with Gasteiger partial charge in [0.05, 0.1) is 0 Å². The zero-order chi connectivity index (χ0) is 19.8. The summed E-state index contributed by atoms with van der Waals surface area (Å²) in [5.74, 6) is 1.12. The summed E-state index contributed by atoms with van der Waals surface area (Å²) in [6, 6.07) is 11.5. The Balaban J connectivity index is 1.31. The van der Waals surface area contributed by atoms with Crippen molar-refractivity contribution in [1.82, 2.24) is 14.7 Å². The smallest absolute Gasteiger partial charge is 0.222 e. The fraction of sp³-hybridized carbons (Fsp3) is 0.708. The molecular weight excluding hydrogens is 346 g/mol. The highest BCUT2D eigenvalue weighted by molar-refractivity contribution is 5.76. The first-order valence-electron chi connectivity index (χ1n) is 11.4. The molecule has 2 aliphatic heterocycles. The van der Waals surface area contributed by atoms with Gasteiger partial charge in [0.15, 0.2) is 0 Å². The number of piperazine rings is 1. The minimum absolute atomic E-state index is 0.384. The zero-order valence-electron chi connectivity index (χ0n) is 18.0. The van der Waals surface area contributed by atoms with E-state index in [1.807, 2.05) is 0 Å². The monoisotopic (exact) mass is 385 g/mol. The molecule has 156 valence electrons. The summed E-state index contributed by atoms with van der Waals surface area (Å²) in [5.41, 5.74) is 1.45. The Morgan fingerprint density at radius 3 is 2.36 bits per heavy atom.